The first-order chi connectivity index (χ1) is 9.90. The number of benzene rings is 2. The van der Waals surface area contributed by atoms with Gasteiger partial charge in [0.2, 0.25) is 0 Å². The van der Waals surface area contributed by atoms with Crippen molar-refractivity contribution in [3.05, 3.63) is 62.1 Å². The van der Waals surface area contributed by atoms with E-state index in [0.29, 0.717) is 0 Å². The van der Waals surface area contributed by atoms with Gasteiger partial charge in [-0.25, -0.2) is 4.79 Å². The Bertz CT molecular complexity index is 732. The molecule has 0 bridgehead atoms. The van der Waals surface area contributed by atoms with E-state index in [1.807, 2.05) is 0 Å². The van der Waals surface area contributed by atoms with Gasteiger partial charge in [-0.05, 0) is 18.2 Å². The van der Waals surface area contributed by atoms with Crippen LogP contribution in [0.4, 0.5) is 5.69 Å². The molecule has 0 fully saturated rings. The number of carbonyl (C=O) groups is 1. The van der Waals surface area contributed by atoms with Gasteiger partial charge in [0.05, 0.1) is 16.0 Å². The van der Waals surface area contributed by atoms with Gasteiger partial charge < -0.3 is 9.84 Å². The molecule has 1 N–H and O–H groups in total. The van der Waals surface area contributed by atoms with Crippen LogP contribution in [0.1, 0.15) is 10.4 Å². The molecule has 0 aliphatic heterocycles. The van der Waals surface area contributed by atoms with Crippen molar-refractivity contribution in [3.63, 3.8) is 0 Å². The first-order valence-electron chi connectivity index (χ1n) is 5.53. The molecule has 8 heteroatoms. The van der Waals surface area contributed by atoms with Gasteiger partial charge in [0.15, 0.2) is 0 Å². The number of hydrogen-bond acceptors (Lipinski definition) is 4. The van der Waals surface area contributed by atoms with Crippen LogP contribution >= 0.6 is 23.2 Å². The molecular weight excluding hydrogens is 321 g/mol. The molecule has 0 aromatic heterocycles. The largest absolute Gasteiger partial charge is 0.478 e. The van der Waals surface area contributed by atoms with Gasteiger partial charge in [-0.15, -0.1) is 0 Å². The van der Waals surface area contributed by atoms with Crippen molar-refractivity contribution in [2.45, 2.75) is 0 Å². The molecule has 0 atom stereocenters. The van der Waals surface area contributed by atoms with Gasteiger partial charge in [0.25, 0.3) is 5.69 Å². The number of nitro benzene ring substituents is 1. The third kappa shape index (κ3) is 3.24. The summed E-state index contributed by atoms with van der Waals surface area (Å²) in [6.45, 7) is 0. The topological polar surface area (TPSA) is 89.7 Å². The minimum absolute atomic E-state index is 0.0852. The first-order valence-corrected chi connectivity index (χ1v) is 6.29. The van der Waals surface area contributed by atoms with Crippen molar-refractivity contribution in [1.29, 1.82) is 0 Å². The number of nitro groups is 1. The van der Waals surface area contributed by atoms with Gasteiger partial charge in [-0.2, -0.15) is 0 Å². The monoisotopic (exact) mass is 327 g/mol. The van der Waals surface area contributed by atoms with Crippen molar-refractivity contribution in [2.24, 2.45) is 0 Å². The molecule has 0 aliphatic rings. The van der Waals surface area contributed by atoms with Gasteiger partial charge in [0, 0.05) is 6.07 Å². The highest BCUT2D eigenvalue weighted by molar-refractivity contribution is 6.42. The molecule has 6 nitrogen and oxygen atoms in total. The molecule has 0 saturated heterocycles. The minimum Gasteiger partial charge on any atom is -0.478 e. The van der Waals surface area contributed by atoms with Crippen molar-refractivity contribution >= 4 is 34.9 Å². The maximum absolute atomic E-state index is 11.1. The number of nitrogens with zero attached hydrogens (tertiary/aromatic N) is 1. The Morgan fingerprint density at radius 3 is 2.52 bits per heavy atom. The Hall–Kier alpha value is -2.31. The SMILES string of the molecule is O=C(O)c1ccc([N+](=O)[O-])cc1Oc1cccc(Cl)c1Cl. The molecule has 108 valence electrons. The zero-order chi connectivity index (χ0) is 15.6. The Morgan fingerprint density at radius 2 is 1.90 bits per heavy atom. The van der Waals surface area contributed by atoms with E-state index in [9.17, 15) is 14.9 Å². The van der Waals surface area contributed by atoms with E-state index < -0.39 is 10.9 Å². The van der Waals surface area contributed by atoms with E-state index in [1.54, 1.807) is 6.07 Å². The molecule has 21 heavy (non-hydrogen) atoms. The number of hydrogen-bond donors (Lipinski definition) is 1. The highest BCUT2D eigenvalue weighted by Gasteiger charge is 2.18. The zero-order valence-corrected chi connectivity index (χ0v) is 11.8. The average molecular weight is 328 g/mol. The smallest absolute Gasteiger partial charge is 0.339 e. The molecule has 0 amide bonds. The molecule has 0 heterocycles. The van der Waals surface area contributed by atoms with Crippen LogP contribution in [0.15, 0.2) is 36.4 Å². The maximum atomic E-state index is 11.1. The van der Waals surface area contributed by atoms with E-state index in [1.165, 1.54) is 12.1 Å². The fraction of sp³-hybridized carbons (Fsp3) is 0. The Labute approximate surface area is 128 Å². The van der Waals surface area contributed by atoms with Crippen molar-refractivity contribution in [1.82, 2.24) is 0 Å². The highest BCUT2D eigenvalue weighted by Crippen LogP contribution is 2.36. The Balaban J connectivity index is 2.51. The Kier molecular flexibility index (Phi) is 4.30. The third-order valence-corrected chi connectivity index (χ3v) is 3.34. The molecule has 0 unspecified atom stereocenters. The van der Waals surface area contributed by atoms with Gasteiger partial charge in [-0.1, -0.05) is 29.3 Å². The molecular formula is C13H7Cl2NO5. The lowest BCUT2D eigenvalue weighted by Crippen LogP contribution is -2.01. The minimum atomic E-state index is -1.28. The number of rotatable bonds is 4. The molecule has 0 radical (unpaired) electrons. The number of ether oxygens (including phenoxy) is 1. The van der Waals surface area contributed by atoms with E-state index in [4.69, 9.17) is 33.0 Å². The summed E-state index contributed by atoms with van der Waals surface area (Å²) in [6.07, 6.45) is 0. The van der Waals surface area contributed by atoms with E-state index in [0.717, 1.165) is 18.2 Å². The predicted octanol–water partition coefficient (Wildman–Crippen LogP) is 4.39. The quantitative estimate of drug-likeness (QED) is 0.664. The second-order valence-corrected chi connectivity index (χ2v) is 4.68. The van der Waals surface area contributed by atoms with Crippen LogP contribution < -0.4 is 4.74 Å². The van der Waals surface area contributed by atoms with Crippen LogP contribution in [0.3, 0.4) is 0 Å². The fourth-order valence-electron chi connectivity index (χ4n) is 1.57. The third-order valence-electron chi connectivity index (χ3n) is 2.54. The van der Waals surface area contributed by atoms with Crippen molar-refractivity contribution in [3.8, 4) is 11.5 Å². The summed E-state index contributed by atoms with van der Waals surface area (Å²) in [6, 6.07) is 7.74. The second-order valence-electron chi connectivity index (χ2n) is 3.90. The Morgan fingerprint density at radius 1 is 1.19 bits per heavy atom. The lowest BCUT2D eigenvalue weighted by Gasteiger charge is -2.10. The van der Waals surface area contributed by atoms with E-state index >= 15 is 0 Å². The molecule has 0 saturated carbocycles. The summed E-state index contributed by atoms with van der Waals surface area (Å²) in [4.78, 5) is 21.2. The van der Waals surface area contributed by atoms with Gasteiger partial charge >= 0.3 is 5.97 Å². The molecule has 0 spiro atoms. The van der Waals surface area contributed by atoms with Gasteiger partial charge in [-0.3, -0.25) is 10.1 Å². The van der Waals surface area contributed by atoms with Crippen LogP contribution in [0.25, 0.3) is 0 Å². The molecule has 0 aliphatic carbocycles. The zero-order valence-electron chi connectivity index (χ0n) is 10.2. The molecule has 2 aromatic carbocycles. The predicted molar refractivity (Wildman–Crippen MR) is 76.6 cm³/mol. The van der Waals surface area contributed by atoms with Crippen LogP contribution in [-0.2, 0) is 0 Å². The van der Waals surface area contributed by atoms with Crippen molar-refractivity contribution in [2.75, 3.05) is 0 Å². The van der Waals surface area contributed by atoms with E-state index in [-0.39, 0.29) is 32.8 Å². The summed E-state index contributed by atoms with van der Waals surface area (Å²) in [5.41, 5.74) is -0.523. The van der Waals surface area contributed by atoms with Gasteiger partial charge in [0.1, 0.15) is 22.1 Å². The second kappa shape index (κ2) is 5.99. The van der Waals surface area contributed by atoms with Crippen LogP contribution in [0, 0.1) is 10.1 Å². The van der Waals surface area contributed by atoms with E-state index in [2.05, 4.69) is 0 Å². The molecule has 2 rings (SSSR count). The standard InChI is InChI=1S/C13H7Cl2NO5/c14-9-2-1-3-10(12(9)15)21-11-6-7(16(19)20)4-5-8(11)13(17)18/h1-6H,(H,17,18). The number of halogens is 2. The van der Waals surface area contributed by atoms with Crippen molar-refractivity contribution < 1.29 is 19.6 Å². The summed E-state index contributed by atoms with van der Waals surface area (Å²) in [5.74, 6) is -1.37. The summed E-state index contributed by atoms with van der Waals surface area (Å²) < 4.78 is 5.37. The summed E-state index contributed by atoms with van der Waals surface area (Å²) >= 11 is 11.8. The van der Waals surface area contributed by atoms with Crippen LogP contribution in [0.5, 0.6) is 11.5 Å². The lowest BCUT2D eigenvalue weighted by molar-refractivity contribution is -0.384. The maximum Gasteiger partial charge on any atom is 0.339 e. The number of non-ortho nitro benzene ring substituents is 1. The number of aromatic carboxylic acids is 1. The lowest BCUT2D eigenvalue weighted by atomic mass is 10.2. The first kappa shape index (κ1) is 15.1. The van der Waals surface area contributed by atoms with Crippen LogP contribution in [-0.4, -0.2) is 16.0 Å². The number of carboxylic acids is 1. The number of carboxylic acid groups (broad SMARTS) is 1. The normalized spacial score (nSPS) is 10.2. The molecule has 2 aromatic rings. The fourth-order valence-corrected chi connectivity index (χ4v) is 1.90. The van der Waals surface area contributed by atoms with Crippen LogP contribution in [0.2, 0.25) is 10.0 Å². The summed E-state index contributed by atoms with van der Waals surface area (Å²) in [7, 11) is 0. The average Bonchev–Trinajstić information content (AvgIpc) is 2.43. The summed E-state index contributed by atoms with van der Waals surface area (Å²) in [5, 5.41) is 20.2. The highest BCUT2D eigenvalue weighted by atomic mass is 35.5.